The van der Waals surface area contributed by atoms with Gasteiger partial charge in [-0.05, 0) is 50.6 Å². The fourth-order valence-electron chi connectivity index (χ4n) is 4.49. The van der Waals surface area contributed by atoms with E-state index in [-0.39, 0.29) is 39.7 Å². The Labute approximate surface area is 239 Å². The number of H-pyrrole nitrogens is 1. The van der Waals surface area contributed by atoms with Crippen molar-refractivity contribution >= 4 is 28.9 Å². The number of nitrogens with zero attached hydrogens (tertiary/aromatic N) is 4. The first kappa shape index (κ1) is 28.0. The van der Waals surface area contributed by atoms with Gasteiger partial charge >= 0.3 is 0 Å². The van der Waals surface area contributed by atoms with Crippen LogP contribution in [-0.2, 0) is 7.05 Å². The van der Waals surface area contributed by atoms with Crippen LogP contribution in [0.3, 0.4) is 0 Å². The van der Waals surface area contributed by atoms with Gasteiger partial charge < -0.3 is 25.5 Å². The van der Waals surface area contributed by atoms with Crippen LogP contribution < -0.4 is 21.5 Å². The van der Waals surface area contributed by atoms with Crippen molar-refractivity contribution in [1.29, 1.82) is 0 Å². The highest BCUT2D eigenvalue weighted by Gasteiger charge is 2.25. The van der Waals surface area contributed by atoms with Crippen LogP contribution in [0.1, 0.15) is 39.5 Å². The third-order valence-electron chi connectivity index (χ3n) is 6.36. The Morgan fingerprint density at radius 3 is 2.31 bits per heavy atom. The quantitative estimate of drug-likeness (QED) is 0.212. The zero-order valence-electron chi connectivity index (χ0n) is 23.2. The second-order valence-electron chi connectivity index (χ2n) is 9.29. The summed E-state index contributed by atoms with van der Waals surface area (Å²) in [5, 5.41) is 8.31. The lowest BCUT2D eigenvalue weighted by Crippen LogP contribution is -2.24. The first-order valence-corrected chi connectivity index (χ1v) is 13.0. The van der Waals surface area contributed by atoms with Crippen LogP contribution in [0.2, 0.25) is 0 Å². The van der Waals surface area contributed by atoms with Crippen LogP contribution >= 0.6 is 0 Å². The molecule has 5 aromatic rings. The number of nitrogens with one attached hydrogen (secondary N) is 4. The number of halogens is 1. The summed E-state index contributed by atoms with van der Waals surface area (Å²) < 4.78 is 21.8. The zero-order chi connectivity index (χ0) is 30.0. The molecule has 12 nitrogen and oxygen atoms in total. The molecule has 2 amide bonds. The Kier molecular flexibility index (Phi) is 7.65. The van der Waals surface area contributed by atoms with Crippen molar-refractivity contribution in [3.05, 3.63) is 94.0 Å². The topological polar surface area (TPSA) is 160 Å². The molecule has 0 aliphatic heterocycles. The maximum absolute atomic E-state index is 15.3. The molecular weight excluding hydrogens is 543 g/mol. The first-order valence-electron chi connectivity index (χ1n) is 13.0. The lowest BCUT2D eigenvalue weighted by molar-refractivity contribution is 0.102. The van der Waals surface area contributed by atoms with E-state index in [2.05, 4.69) is 35.9 Å². The second kappa shape index (κ2) is 11.5. The maximum Gasteiger partial charge on any atom is 0.290 e. The average molecular weight is 571 g/mol. The van der Waals surface area contributed by atoms with Gasteiger partial charge in [0.25, 0.3) is 17.4 Å². The molecule has 42 heavy (non-hydrogen) atoms. The highest BCUT2D eigenvalue weighted by atomic mass is 19.1. The smallest absolute Gasteiger partial charge is 0.290 e. The van der Waals surface area contributed by atoms with Crippen LogP contribution in [0.4, 0.5) is 21.5 Å². The number of carbonyl (C=O) groups excluding carboxylic acids is 2. The number of rotatable bonds is 8. The van der Waals surface area contributed by atoms with E-state index in [9.17, 15) is 14.4 Å². The number of hydrogen-bond donors (Lipinski definition) is 4. The summed E-state index contributed by atoms with van der Waals surface area (Å²) in [7, 11) is 1.53. The largest absolute Gasteiger partial charge is 0.381 e. The van der Waals surface area contributed by atoms with Crippen LogP contribution in [0, 0.1) is 19.7 Å². The van der Waals surface area contributed by atoms with E-state index in [4.69, 9.17) is 4.52 Å². The van der Waals surface area contributed by atoms with E-state index in [1.165, 1.54) is 25.4 Å². The van der Waals surface area contributed by atoms with Gasteiger partial charge in [0, 0.05) is 31.7 Å². The number of amides is 2. The number of aromatic nitrogens is 5. The molecule has 4 N–H and O–H groups in total. The van der Waals surface area contributed by atoms with Crippen LogP contribution in [-0.4, -0.2) is 43.0 Å². The summed E-state index contributed by atoms with van der Waals surface area (Å²) in [6, 6.07) is 11.2. The zero-order valence-corrected chi connectivity index (χ0v) is 23.2. The van der Waals surface area contributed by atoms with Crippen molar-refractivity contribution in [2.75, 3.05) is 22.5 Å². The fraction of sp³-hybridized carbons (Fsp3) is 0.172. The molecule has 0 atom stereocenters. The van der Waals surface area contributed by atoms with Gasteiger partial charge in [0.1, 0.15) is 17.4 Å². The maximum atomic E-state index is 15.3. The molecule has 214 valence electrons. The first-order chi connectivity index (χ1) is 20.2. The van der Waals surface area contributed by atoms with Gasteiger partial charge in [-0.1, -0.05) is 18.2 Å². The molecule has 0 fully saturated rings. The van der Waals surface area contributed by atoms with Gasteiger partial charge in [-0.15, -0.1) is 0 Å². The molecule has 0 aliphatic rings. The molecule has 5 rings (SSSR count). The highest BCUT2D eigenvalue weighted by molar-refractivity contribution is 6.13. The minimum atomic E-state index is -0.734. The molecular formula is C29H27FN8O4. The SMILES string of the molecule is CCNc1c(C(=O)Nc2ccc(-c3c(C)on(C)c3=O)cc2)nc(C)nc1C(=O)Nc1cccc(-c2ncc[nH]2)c1F. The molecule has 2 aromatic carbocycles. The van der Waals surface area contributed by atoms with E-state index in [1.54, 1.807) is 57.3 Å². The predicted molar refractivity (Wildman–Crippen MR) is 155 cm³/mol. The summed E-state index contributed by atoms with van der Waals surface area (Å²) in [6.45, 7) is 5.38. The summed E-state index contributed by atoms with van der Waals surface area (Å²) in [5.41, 5.74) is 1.22. The van der Waals surface area contributed by atoms with Gasteiger partial charge in [-0.3, -0.25) is 14.4 Å². The number of benzene rings is 2. The summed E-state index contributed by atoms with van der Waals surface area (Å²) in [5.74, 6) is -1.06. The van der Waals surface area contributed by atoms with Gasteiger partial charge in [-0.2, -0.15) is 4.74 Å². The number of carbonyl (C=O) groups is 2. The van der Waals surface area contributed by atoms with Crippen molar-refractivity contribution in [1.82, 2.24) is 24.7 Å². The average Bonchev–Trinajstić information content (AvgIpc) is 3.59. The Bertz CT molecular complexity index is 1840. The van der Waals surface area contributed by atoms with E-state index in [1.807, 2.05) is 0 Å². The molecule has 0 radical (unpaired) electrons. The lowest BCUT2D eigenvalue weighted by Gasteiger charge is -2.16. The molecule has 0 saturated carbocycles. The number of hydrogen-bond acceptors (Lipinski definition) is 8. The number of aromatic amines is 1. The summed E-state index contributed by atoms with van der Waals surface area (Å²) in [4.78, 5) is 54.6. The fourth-order valence-corrected chi connectivity index (χ4v) is 4.49. The van der Waals surface area contributed by atoms with Crippen molar-refractivity contribution in [2.24, 2.45) is 7.05 Å². The van der Waals surface area contributed by atoms with Gasteiger partial charge in [0.2, 0.25) is 0 Å². The molecule has 3 aromatic heterocycles. The summed E-state index contributed by atoms with van der Waals surface area (Å²) in [6.07, 6.45) is 3.06. The Balaban J connectivity index is 1.42. The number of imidazole rings is 1. The lowest BCUT2D eigenvalue weighted by atomic mass is 10.1. The molecule has 0 aliphatic carbocycles. The molecule has 3 heterocycles. The number of anilines is 3. The Hall–Kier alpha value is -5.59. The number of aryl methyl sites for hydroxylation is 3. The van der Waals surface area contributed by atoms with E-state index in [0.29, 0.717) is 34.9 Å². The normalized spacial score (nSPS) is 10.9. The Morgan fingerprint density at radius 2 is 1.71 bits per heavy atom. The van der Waals surface area contributed by atoms with Gasteiger partial charge in [0.15, 0.2) is 17.2 Å². The van der Waals surface area contributed by atoms with E-state index in [0.717, 1.165) is 4.74 Å². The predicted octanol–water partition coefficient (Wildman–Crippen LogP) is 4.52. The molecule has 0 spiro atoms. The van der Waals surface area contributed by atoms with E-state index >= 15 is 4.39 Å². The highest BCUT2D eigenvalue weighted by Crippen LogP contribution is 2.28. The third kappa shape index (κ3) is 5.39. The van der Waals surface area contributed by atoms with Crippen molar-refractivity contribution in [2.45, 2.75) is 20.8 Å². The molecule has 0 saturated heterocycles. The Morgan fingerprint density at radius 1 is 1.02 bits per heavy atom. The summed E-state index contributed by atoms with van der Waals surface area (Å²) >= 11 is 0. The van der Waals surface area contributed by atoms with E-state index < -0.39 is 17.6 Å². The molecule has 0 bridgehead atoms. The van der Waals surface area contributed by atoms with Crippen molar-refractivity contribution < 1.29 is 18.5 Å². The van der Waals surface area contributed by atoms with Crippen LogP contribution in [0.25, 0.3) is 22.5 Å². The van der Waals surface area contributed by atoms with Crippen molar-refractivity contribution in [3.8, 4) is 22.5 Å². The minimum absolute atomic E-state index is 0.0667. The molecule has 0 unspecified atom stereocenters. The van der Waals surface area contributed by atoms with Gasteiger partial charge in [-0.25, -0.2) is 19.3 Å². The van der Waals surface area contributed by atoms with Crippen molar-refractivity contribution in [3.63, 3.8) is 0 Å². The van der Waals surface area contributed by atoms with Crippen LogP contribution in [0.5, 0.6) is 0 Å². The van der Waals surface area contributed by atoms with Gasteiger partial charge in [0.05, 0.1) is 22.5 Å². The van der Waals surface area contributed by atoms with Crippen LogP contribution in [0.15, 0.2) is 64.2 Å². The third-order valence-corrected chi connectivity index (χ3v) is 6.36. The monoisotopic (exact) mass is 570 g/mol. The minimum Gasteiger partial charge on any atom is -0.381 e. The molecule has 13 heteroatoms. The standard InChI is InChI=1S/C29H27FN8O4/c1-5-31-23-24(27(39)36-18-11-9-17(10-12-18)21-15(2)42-38(4)29(21)41)34-16(3)35-25(23)28(40)37-20-8-6-7-19(22(20)30)26-32-13-14-33-26/h6-14,31H,5H2,1-4H3,(H,32,33)(H,36,39)(H,37,40). The second-order valence-corrected chi connectivity index (χ2v) is 9.29.